The molecule has 0 spiro atoms. The first kappa shape index (κ1) is 23.0. The second-order valence-corrected chi connectivity index (χ2v) is 6.85. The van der Waals surface area contributed by atoms with Gasteiger partial charge in [-0.2, -0.15) is 0 Å². The number of fused-ring (bicyclic) bond motifs is 1. The fourth-order valence-electron chi connectivity index (χ4n) is 3.78. The molecule has 0 aliphatic carbocycles. The van der Waals surface area contributed by atoms with Crippen LogP contribution in [0.15, 0.2) is 42.5 Å². The Balaban J connectivity index is 0.00000300. The van der Waals surface area contributed by atoms with Crippen molar-refractivity contribution in [2.24, 2.45) is 5.73 Å². The van der Waals surface area contributed by atoms with E-state index in [2.05, 4.69) is 0 Å². The Morgan fingerprint density at radius 3 is 2.38 bits per heavy atom. The van der Waals surface area contributed by atoms with Gasteiger partial charge >= 0.3 is 0 Å². The molecular formula is C22H29ClN2O4. The van der Waals surface area contributed by atoms with E-state index in [9.17, 15) is 4.79 Å². The lowest BCUT2D eigenvalue weighted by molar-refractivity contribution is -0.135. The standard InChI is InChI=1S/C22H28N2O4.ClH/c1-26-17(14-23)12-21(25)24-10-9-16-11-19(27-2)20(28-3)13-18(16)22(24)15-7-5-4-6-8-15;/h4-8,11,13,17,22H,9-10,12,14,23H2,1-3H3;1H. The summed E-state index contributed by atoms with van der Waals surface area (Å²) >= 11 is 0. The molecule has 0 aromatic heterocycles. The smallest absolute Gasteiger partial charge is 0.226 e. The number of carbonyl (C=O) groups excluding carboxylic acids is 1. The van der Waals surface area contributed by atoms with Crippen molar-refractivity contribution in [2.45, 2.75) is 25.0 Å². The molecule has 2 N–H and O–H groups in total. The zero-order valence-electron chi connectivity index (χ0n) is 17.1. The molecule has 6 nitrogen and oxygen atoms in total. The molecular weight excluding hydrogens is 392 g/mol. The second-order valence-electron chi connectivity index (χ2n) is 6.85. The number of rotatable bonds is 7. The van der Waals surface area contributed by atoms with Gasteiger partial charge in [-0.1, -0.05) is 30.3 Å². The SMILES string of the molecule is COc1cc2c(cc1OC)C(c1ccccc1)N(C(=O)CC(CN)OC)CC2.Cl. The molecule has 2 aromatic carbocycles. The highest BCUT2D eigenvalue weighted by Gasteiger charge is 2.33. The van der Waals surface area contributed by atoms with E-state index in [4.69, 9.17) is 19.9 Å². The second kappa shape index (κ2) is 10.5. The molecule has 2 unspecified atom stereocenters. The van der Waals surface area contributed by atoms with E-state index in [1.807, 2.05) is 47.4 Å². The van der Waals surface area contributed by atoms with E-state index in [0.717, 1.165) is 23.1 Å². The number of methoxy groups -OCH3 is 3. The van der Waals surface area contributed by atoms with Crippen molar-refractivity contribution in [3.8, 4) is 11.5 Å². The topological polar surface area (TPSA) is 74.0 Å². The fourth-order valence-corrected chi connectivity index (χ4v) is 3.78. The molecule has 3 rings (SSSR count). The van der Waals surface area contributed by atoms with E-state index in [1.54, 1.807) is 21.3 Å². The van der Waals surface area contributed by atoms with Gasteiger partial charge in [0.2, 0.25) is 5.91 Å². The highest BCUT2D eigenvalue weighted by atomic mass is 35.5. The fraction of sp³-hybridized carbons (Fsp3) is 0.409. The average molecular weight is 421 g/mol. The third-order valence-electron chi connectivity index (χ3n) is 5.31. The Labute approximate surface area is 178 Å². The lowest BCUT2D eigenvalue weighted by atomic mass is 9.87. The molecule has 1 heterocycles. The lowest BCUT2D eigenvalue weighted by Crippen LogP contribution is -2.42. The molecule has 1 aliphatic heterocycles. The maximum atomic E-state index is 13.1. The first-order chi connectivity index (χ1) is 13.6. The highest BCUT2D eigenvalue weighted by molar-refractivity contribution is 5.85. The lowest BCUT2D eigenvalue weighted by Gasteiger charge is -2.38. The van der Waals surface area contributed by atoms with Crippen LogP contribution in [0, 0.1) is 0 Å². The van der Waals surface area contributed by atoms with Crippen molar-refractivity contribution >= 4 is 18.3 Å². The summed E-state index contributed by atoms with van der Waals surface area (Å²) in [6.45, 7) is 0.940. The predicted molar refractivity (Wildman–Crippen MR) is 115 cm³/mol. The van der Waals surface area contributed by atoms with Gasteiger partial charge < -0.3 is 24.8 Å². The summed E-state index contributed by atoms with van der Waals surface area (Å²) < 4.78 is 16.3. The van der Waals surface area contributed by atoms with E-state index in [-0.39, 0.29) is 36.9 Å². The zero-order chi connectivity index (χ0) is 20.1. The molecule has 0 saturated heterocycles. The third kappa shape index (κ3) is 4.83. The number of amides is 1. The van der Waals surface area contributed by atoms with Crippen molar-refractivity contribution in [3.63, 3.8) is 0 Å². The van der Waals surface area contributed by atoms with E-state index < -0.39 is 0 Å². The average Bonchev–Trinajstić information content (AvgIpc) is 2.75. The summed E-state index contributed by atoms with van der Waals surface area (Å²) in [5.74, 6) is 1.40. The van der Waals surface area contributed by atoms with Gasteiger partial charge in [0.15, 0.2) is 11.5 Å². The Hall–Kier alpha value is -2.28. The van der Waals surface area contributed by atoms with Crippen molar-refractivity contribution in [3.05, 3.63) is 59.2 Å². The largest absolute Gasteiger partial charge is 0.493 e. The van der Waals surface area contributed by atoms with E-state index in [0.29, 0.717) is 24.6 Å². The summed E-state index contributed by atoms with van der Waals surface area (Å²) in [6.07, 6.45) is 0.736. The molecule has 0 bridgehead atoms. The number of hydrogen-bond acceptors (Lipinski definition) is 5. The van der Waals surface area contributed by atoms with Crippen LogP contribution in [-0.2, 0) is 16.0 Å². The Morgan fingerprint density at radius 2 is 1.79 bits per heavy atom. The number of nitrogens with two attached hydrogens (primary N) is 1. The van der Waals surface area contributed by atoms with Crippen molar-refractivity contribution < 1.29 is 19.0 Å². The van der Waals surface area contributed by atoms with Gasteiger partial charge in [0, 0.05) is 20.2 Å². The summed E-state index contributed by atoms with van der Waals surface area (Å²) in [5.41, 5.74) is 9.01. The summed E-state index contributed by atoms with van der Waals surface area (Å²) in [7, 11) is 4.84. The van der Waals surface area contributed by atoms with E-state index >= 15 is 0 Å². The minimum absolute atomic E-state index is 0. The predicted octanol–water partition coefficient (Wildman–Crippen LogP) is 2.96. The normalized spacial score (nSPS) is 16.4. The monoisotopic (exact) mass is 420 g/mol. The Morgan fingerprint density at radius 1 is 1.14 bits per heavy atom. The molecule has 7 heteroatoms. The van der Waals surface area contributed by atoms with Crippen LogP contribution in [0.3, 0.4) is 0 Å². The van der Waals surface area contributed by atoms with Crippen LogP contribution in [0.25, 0.3) is 0 Å². The molecule has 0 saturated carbocycles. The maximum Gasteiger partial charge on any atom is 0.226 e. The van der Waals surface area contributed by atoms with Crippen LogP contribution >= 0.6 is 12.4 Å². The van der Waals surface area contributed by atoms with E-state index in [1.165, 1.54) is 0 Å². The third-order valence-corrected chi connectivity index (χ3v) is 5.31. The Bertz CT molecular complexity index is 812. The van der Waals surface area contributed by atoms with Gasteiger partial charge in [-0.25, -0.2) is 0 Å². The first-order valence-electron chi connectivity index (χ1n) is 9.45. The van der Waals surface area contributed by atoms with Gasteiger partial charge in [0.1, 0.15) is 0 Å². The van der Waals surface area contributed by atoms with Gasteiger partial charge in [0.25, 0.3) is 0 Å². The summed E-state index contributed by atoms with van der Waals surface area (Å²) in [4.78, 5) is 15.1. The number of nitrogens with zero attached hydrogens (tertiary/aromatic N) is 1. The summed E-state index contributed by atoms with van der Waals surface area (Å²) in [5, 5.41) is 0. The quantitative estimate of drug-likeness (QED) is 0.745. The minimum atomic E-state index is -0.282. The summed E-state index contributed by atoms with van der Waals surface area (Å²) in [6, 6.07) is 13.9. The van der Waals surface area contributed by atoms with Crippen molar-refractivity contribution in [1.29, 1.82) is 0 Å². The van der Waals surface area contributed by atoms with Crippen LogP contribution in [0.2, 0.25) is 0 Å². The first-order valence-corrected chi connectivity index (χ1v) is 9.45. The molecule has 2 atom stereocenters. The number of benzene rings is 2. The number of halogens is 1. The van der Waals surface area contributed by atoms with Crippen LogP contribution in [-0.4, -0.2) is 51.3 Å². The number of hydrogen-bond donors (Lipinski definition) is 1. The van der Waals surface area contributed by atoms with Crippen molar-refractivity contribution in [1.82, 2.24) is 4.90 Å². The van der Waals surface area contributed by atoms with Gasteiger partial charge in [-0.15, -0.1) is 12.4 Å². The van der Waals surface area contributed by atoms with Crippen LogP contribution in [0.5, 0.6) is 11.5 Å². The molecule has 158 valence electrons. The molecule has 1 aliphatic rings. The van der Waals surface area contributed by atoms with Crippen molar-refractivity contribution in [2.75, 3.05) is 34.4 Å². The Kier molecular flexibility index (Phi) is 8.32. The number of carbonyl (C=O) groups is 1. The van der Waals surface area contributed by atoms with Crippen LogP contribution in [0.4, 0.5) is 0 Å². The molecule has 2 aromatic rings. The highest BCUT2D eigenvalue weighted by Crippen LogP contribution is 2.41. The zero-order valence-corrected chi connectivity index (χ0v) is 17.9. The minimum Gasteiger partial charge on any atom is -0.493 e. The van der Waals surface area contributed by atoms with Gasteiger partial charge in [0.05, 0.1) is 32.8 Å². The van der Waals surface area contributed by atoms with Crippen LogP contribution in [0.1, 0.15) is 29.2 Å². The maximum absolute atomic E-state index is 13.1. The van der Waals surface area contributed by atoms with Gasteiger partial charge in [-0.3, -0.25) is 4.79 Å². The molecule has 0 radical (unpaired) electrons. The molecule has 1 amide bonds. The molecule has 0 fully saturated rings. The molecule has 29 heavy (non-hydrogen) atoms. The van der Waals surface area contributed by atoms with Gasteiger partial charge in [-0.05, 0) is 35.2 Å². The van der Waals surface area contributed by atoms with Crippen LogP contribution < -0.4 is 15.2 Å². The number of ether oxygens (including phenoxy) is 3.